The molecule has 1 aliphatic heterocycles. The Morgan fingerprint density at radius 3 is 2.81 bits per heavy atom. The summed E-state index contributed by atoms with van der Waals surface area (Å²) >= 11 is 0. The topological polar surface area (TPSA) is 85.4 Å². The summed E-state index contributed by atoms with van der Waals surface area (Å²) in [5.41, 5.74) is 6.64. The minimum absolute atomic E-state index is 0.171. The van der Waals surface area contributed by atoms with Crippen LogP contribution in [0.5, 0.6) is 0 Å². The fraction of sp³-hybridized carbons (Fsp3) is 0.714. The zero-order valence-electron chi connectivity index (χ0n) is 12.8. The van der Waals surface area contributed by atoms with Gasteiger partial charge in [-0.2, -0.15) is 5.10 Å². The molecule has 1 fully saturated rings. The monoisotopic (exact) mass is 295 g/mol. The largest absolute Gasteiger partial charge is 0.450 e. The van der Waals surface area contributed by atoms with Crippen LogP contribution in [0, 0.1) is 0 Å². The number of aromatic nitrogens is 2. The number of ether oxygens (including phenoxy) is 1. The number of nitrogens with one attached hydrogen (secondary N) is 1. The lowest BCUT2D eigenvalue weighted by atomic mass is 10.1. The molecule has 1 aliphatic rings. The molecule has 0 radical (unpaired) electrons. The summed E-state index contributed by atoms with van der Waals surface area (Å²) in [6, 6.07) is 0.171. The first-order chi connectivity index (χ1) is 10.1. The quantitative estimate of drug-likeness (QED) is 0.804. The maximum absolute atomic E-state index is 11.6. The molecule has 3 N–H and O–H groups in total. The standard InChI is InChI=1S/C14H25N5O2/c1-3-4-9-21-14(20)17-11-5-7-19(8-6-11)13-12(15)10-16-18(13)2/h10-11H,3-9,15H2,1-2H3,(H,17,20). The van der Waals surface area contributed by atoms with Crippen LogP contribution >= 0.6 is 0 Å². The van der Waals surface area contributed by atoms with E-state index in [1.807, 2.05) is 7.05 Å². The van der Waals surface area contributed by atoms with Crippen LogP contribution in [-0.2, 0) is 11.8 Å². The number of nitrogen functional groups attached to an aromatic ring is 1. The van der Waals surface area contributed by atoms with E-state index in [-0.39, 0.29) is 12.1 Å². The lowest BCUT2D eigenvalue weighted by Gasteiger charge is -2.33. The number of piperidine rings is 1. The number of unbranched alkanes of at least 4 members (excludes halogenated alkanes) is 1. The molecule has 0 spiro atoms. The Kier molecular flexibility index (Phi) is 5.30. The fourth-order valence-corrected chi connectivity index (χ4v) is 2.59. The second-order valence-corrected chi connectivity index (χ2v) is 5.44. The van der Waals surface area contributed by atoms with E-state index in [0.29, 0.717) is 12.3 Å². The van der Waals surface area contributed by atoms with Crippen LogP contribution in [0.25, 0.3) is 0 Å². The summed E-state index contributed by atoms with van der Waals surface area (Å²) in [4.78, 5) is 13.8. The van der Waals surface area contributed by atoms with Crippen molar-refractivity contribution in [2.24, 2.45) is 7.05 Å². The molecule has 1 saturated heterocycles. The van der Waals surface area contributed by atoms with Gasteiger partial charge in [-0.25, -0.2) is 4.79 Å². The van der Waals surface area contributed by atoms with Gasteiger partial charge in [0.15, 0.2) is 0 Å². The van der Waals surface area contributed by atoms with Gasteiger partial charge >= 0.3 is 6.09 Å². The molecule has 1 amide bonds. The van der Waals surface area contributed by atoms with Gasteiger partial charge in [0.1, 0.15) is 5.82 Å². The van der Waals surface area contributed by atoms with Gasteiger partial charge in [-0.05, 0) is 19.3 Å². The van der Waals surface area contributed by atoms with E-state index >= 15 is 0 Å². The predicted molar refractivity (Wildman–Crippen MR) is 82.2 cm³/mol. The zero-order chi connectivity index (χ0) is 15.2. The molecule has 2 heterocycles. The fourth-order valence-electron chi connectivity index (χ4n) is 2.59. The van der Waals surface area contributed by atoms with E-state index in [9.17, 15) is 4.79 Å². The van der Waals surface area contributed by atoms with Crippen molar-refractivity contribution >= 4 is 17.6 Å². The number of amides is 1. The summed E-state index contributed by atoms with van der Waals surface area (Å²) in [5, 5.41) is 7.09. The number of carbonyl (C=O) groups excluding carboxylic acids is 1. The van der Waals surface area contributed by atoms with Crippen LogP contribution in [0.1, 0.15) is 32.6 Å². The maximum Gasteiger partial charge on any atom is 0.407 e. The summed E-state index contributed by atoms with van der Waals surface area (Å²) in [6.45, 7) is 4.27. The van der Waals surface area contributed by atoms with Gasteiger partial charge in [0, 0.05) is 26.2 Å². The molecule has 7 nitrogen and oxygen atoms in total. The summed E-state index contributed by atoms with van der Waals surface area (Å²) in [6.07, 6.45) is 5.07. The van der Waals surface area contributed by atoms with E-state index in [4.69, 9.17) is 10.5 Å². The van der Waals surface area contributed by atoms with E-state index in [2.05, 4.69) is 22.2 Å². The van der Waals surface area contributed by atoms with Gasteiger partial charge in [-0.3, -0.25) is 4.68 Å². The van der Waals surface area contributed by atoms with Crippen molar-refractivity contribution in [3.8, 4) is 0 Å². The second kappa shape index (κ2) is 7.19. The Morgan fingerprint density at radius 1 is 1.52 bits per heavy atom. The van der Waals surface area contributed by atoms with E-state index < -0.39 is 0 Å². The van der Waals surface area contributed by atoms with Crippen molar-refractivity contribution in [3.63, 3.8) is 0 Å². The first-order valence-electron chi connectivity index (χ1n) is 7.57. The third kappa shape index (κ3) is 4.03. The van der Waals surface area contributed by atoms with E-state index in [0.717, 1.165) is 44.6 Å². The van der Waals surface area contributed by atoms with Gasteiger partial charge in [-0.15, -0.1) is 0 Å². The number of hydrogen-bond acceptors (Lipinski definition) is 5. The molecule has 21 heavy (non-hydrogen) atoms. The maximum atomic E-state index is 11.6. The Labute approximate surface area is 125 Å². The first kappa shape index (κ1) is 15.5. The van der Waals surface area contributed by atoms with Gasteiger partial charge in [0.2, 0.25) is 0 Å². The van der Waals surface area contributed by atoms with Crippen molar-refractivity contribution in [1.82, 2.24) is 15.1 Å². The van der Waals surface area contributed by atoms with Crippen molar-refractivity contribution < 1.29 is 9.53 Å². The number of anilines is 2. The predicted octanol–water partition coefficient (Wildman–Crippen LogP) is 1.50. The average Bonchev–Trinajstić information content (AvgIpc) is 2.80. The van der Waals surface area contributed by atoms with Crippen LogP contribution in [0.15, 0.2) is 6.20 Å². The van der Waals surface area contributed by atoms with Crippen molar-refractivity contribution in [3.05, 3.63) is 6.20 Å². The Morgan fingerprint density at radius 2 is 2.24 bits per heavy atom. The third-order valence-electron chi connectivity index (χ3n) is 3.78. The van der Waals surface area contributed by atoms with Crippen molar-refractivity contribution in [1.29, 1.82) is 0 Å². The number of alkyl carbamates (subject to hydrolysis) is 1. The van der Waals surface area contributed by atoms with Gasteiger partial charge in [-0.1, -0.05) is 13.3 Å². The molecule has 7 heteroatoms. The summed E-state index contributed by atoms with van der Waals surface area (Å²) < 4.78 is 6.92. The number of nitrogens with two attached hydrogens (primary N) is 1. The molecule has 0 bridgehead atoms. The lowest BCUT2D eigenvalue weighted by molar-refractivity contribution is 0.139. The number of aryl methyl sites for hydroxylation is 1. The molecule has 0 aliphatic carbocycles. The molecule has 0 unspecified atom stereocenters. The highest BCUT2D eigenvalue weighted by molar-refractivity contribution is 5.67. The Balaban J connectivity index is 1.77. The first-order valence-corrected chi connectivity index (χ1v) is 7.57. The highest BCUT2D eigenvalue weighted by Gasteiger charge is 2.24. The average molecular weight is 295 g/mol. The summed E-state index contributed by atoms with van der Waals surface area (Å²) in [7, 11) is 1.89. The molecule has 0 aromatic carbocycles. The van der Waals surface area contributed by atoms with E-state index in [1.165, 1.54) is 0 Å². The molecule has 0 atom stereocenters. The minimum atomic E-state index is -0.304. The molecule has 0 saturated carbocycles. The third-order valence-corrected chi connectivity index (χ3v) is 3.78. The Hall–Kier alpha value is -1.92. The van der Waals surface area contributed by atoms with Crippen LogP contribution in [-0.4, -0.2) is 41.6 Å². The number of nitrogens with zero attached hydrogens (tertiary/aromatic N) is 3. The highest BCUT2D eigenvalue weighted by Crippen LogP contribution is 2.25. The molecule has 1 aromatic heterocycles. The second-order valence-electron chi connectivity index (χ2n) is 5.44. The van der Waals surface area contributed by atoms with Crippen molar-refractivity contribution in [2.75, 3.05) is 30.3 Å². The zero-order valence-corrected chi connectivity index (χ0v) is 12.8. The molecule has 2 rings (SSSR count). The highest BCUT2D eigenvalue weighted by atomic mass is 16.5. The number of hydrogen-bond donors (Lipinski definition) is 2. The normalized spacial score (nSPS) is 16.0. The smallest absolute Gasteiger partial charge is 0.407 e. The van der Waals surface area contributed by atoms with Crippen LogP contribution < -0.4 is 16.0 Å². The lowest BCUT2D eigenvalue weighted by Crippen LogP contribution is -2.45. The van der Waals surface area contributed by atoms with Crippen LogP contribution in [0.3, 0.4) is 0 Å². The van der Waals surface area contributed by atoms with Crippen LogP contribution in [0.2, 0.25) is 0 Å². The number of carbonyl (C=O) groups is 1. The van der Waals surface area contributed by atoms with E-state index in [1.54, 1.807) is 10.9 Å². The van der Waals surface area contributed by atoms with Gasteiger partial charge in [0.05, 0.1) is 18.5 Å². The molecule has 1 aromatic rings. The Bertz CT molecular complexity index is 446. The van der Waals surface area contributed by atoms with Crippen molar-refractivity contribution in [2.45, 2.75) is 38.6 Å². The van der Waals surface area contributed by atoms with Crippen LogP contribution in [0.4, 0.5) is 16.3 Å². The molecular formula is C14H25N5O2. The summed E-state index contributed by atoms with van der Waals surface area (Å²) in [5.74, 6) is 0.957. The van der Waals surface area contributed by atoms with Gasteiger partial charge in [0.25, 0.3) is 0 Å². The SMILES string of the molecule is CCCCOC(=O)NC1CCN(c2c(N)cnn2C)CC1. The molecule has 118 valence electrons. The van der Waals surface area contributed by atoms with Gasteiger partial charge < -0.3 is 20.7 Å². The molecular weight excluding hydrogens is 270 g/mol. The number of rotatable bonds is 5. The minimum Gasteiger partial charge on any atom is -0.450 e.